The number of likely N-dealkylation sites (tertiary alicyclic amines) is 1. The van der Waals surface area contributed by atoms with Crippen molar-refractivity contribution in [1.82, 2.24) is 9.88 Å². The first-order valence-corrected chi connectivity index (χ1v) is 5.90. The molecule has 0 radical (unpaired) electrons. The lowest BCUT2D eigenvalue weighted by Gasteiger charge is -2.14. The topological polar surface area (TPSA) is 56.3 Å². The molecular weight excluding hydrogens is 235 g/mol. The standard InChI is InChI=1S/C13H13FN2O2/c14-10-2-1-3-11-12(10)9(6-15-11)13(18)16-5-4-8(17)7-16/h1-3,6,8,15,17H,4-5,7H2/t8-/m1/s1. The number of carbonyl (C=O) groups is 1. The summed E-state index contributed by atoms with van der Waals surface area (Å²) in [5.41, 5.74) is 0.940. The minimum atomic E-state index is -0.469. The molecule has 94 valence electrons. The Morgan fingerprint density at radius 2 is 2.33 bits per heavy atom. The van der Waals surface area contributed by atoms with Gasteiger partial charge in [-0.2, -0.15) is 0 Å². The van der Waals surface area contributed by atoms with E-state index in [1.807, 2.05) is 0 Å². The number of nitrogens with one attached hydrogen (secondary N) is 1. The van der Waals surface area contributed by atoms with Gasteiger partial charge in [0.15, 0.2) is 0 Å². The summed E-state index contributed by atoms with van der Waals surface area (Å²) in [7, 11) is 0. The maximum absolute atomic E-state index is 13.8. The van der Waals surface area contributed by atoms with Crippen LogP contribution in [-0.4, -0.2) is 40.1 Å². The van der Waals surface area contributed by atoms with E-state index in [0.29, 0.717) is 36.0 Å². The molecule has 1 saturated heterocycles. The van der Waals surface area contributed by atoms with Crippen molar-refractivity contribution >= 4 is 16.8 Å². The van der Waals surface area contributed by atoms with Crippen LogP contribution in [0.3, 0.4) is 0 Å². The Morgan fingerprint density at radius 3 is 3.06 bits per heavy atom. The Labute approximate surface area is 103 Å². The summed E-state index contributed by atoms with van der Waals surface area (Å²) >= 11 is 0. The molecule has 5 heteroatoms. The lowest BCUT2D eigenvalue weighted by molar-refractivity contribution is 0.0766. The summed E-state index contributed by atoms with van der Waals surface area (Å²) in [5, 5.41) is 9.76. The van der Waals surface area contributed by atoms with Crippen LogP contribution in [0.1, 0.15) is 16.8 Å². The SMILES string of the molecule is O=C(c1c[nH]c2cccc(F)c12)N1CC[C@@H](O)C1. The molecule has 1 amide bonds. The van der Waals surface area contributed by atoms with E-state index in [9.17, 15) is 14.3 Å². The highest BCUT2D eigenvalue weighted by Crippen LogP contribution is 2.24. The molecule has 0 aliphatic carbocycles. The van der Waals surface area contributed by atoms with E-state index in [1.54, 1.807) is 17.0 Å². The predicted molar refractivity (Wildman–Crippen MR) is 64.8 cm³/mol. The molecule has 0 saturated carbocycles. The summed E-state index contributed by atoms with van der Waals surface area (Å²) in [4.78, 5) is 16.7. The number of aromatic nitrogens is 1. The zero-order valence-corrected chi connectivity index (χ0v) is 9.69. The molecule has 0 spiro atoms. The van der Waals surface area contributed by atoms with Gasteiger partial charge in [0.05, 0.1) is 11.7 Å². The summed E-state index contributed by atoms with van der Waals surface area (Å²) in [6.07, 6.45) is 1.64. The van der Waals surface area contributed by atoms with Gasteiger partial charge in [0.1, 0.15) is 5.82 Å². The zero-order chi connectivity index (χ0) is 12.7. The molecule has 1 atom stereocenters. The fraction of sp³-hybridized carbons (Fsp3) is 0.308. The minimum absolute atomic E-state index is 0.233. The third-order valence-electron chi connectivity index (χ3n) is 3.34. The summed E-state index contributed by atoms with van der Waals surface area (Å²) in [6.45, 7) is 0.834. The van der Waals surface area contributed by atoms with E-state index in [4.69, 9.17) is 0 Å². The number of aliphatic hydroxyl groups excluding tert-OH is 1. The Bertz CT molecular complexity index is 608. The number of rotatable bonds is 1. The van der Waals surface area contributed by atoms with Crippen LogP contribution in [0, 0.1) is 5.82 Å². The van der Waals surface area contributed by atoms with Crippen molar-refractivity contribution in [1.29, 1.82) is 0 Å². The van der Waals surface area contributed by atoms with E-state index in [0.717, 1.165) is 0 Å². The Morgan fingerprint density at radius 1 is 1.50 bits per heavy atom. The highest BCUT2D eigenvalue weighted by atomic mass is 19.1. The van der Waals surface area contributed by atoms with Crippen LogP contribution in [0.5, 0.6) is 0 Å². The fourth-order valence-electron chi connectivity index (χ4n) is 2.41. The summed E-state index contributed by atoms with van der Waals surface area (Å²) in [6, 6.07) is 4.67. The molecule has 4 nitrogen and oxygen atoms in total. The number of carbonyl (C=O) groups excluding carboxylic acids is 1. The summed E-state index contributed by atoms with van der Waals surface area (Å²) < 4.78 is 13.8. The first kappa shape index (κ1) is 11.2. The highest BCUT2D eigenvalue weighted by Gasteiger charge is 2.27. The molecule has 1 aliphatic rings. The van der Waals surface area contributed by atoms with Crippen molar-refractivity contribution in [2.24, 2.45) is 0 Å². The van der Waals surface area contributed by atoms with Crippen LogP contribution in [-0.2, 0) is 0 Å². The number of hydrogen-bond donors (Lipinski definition) is 2. The predicted octanol–water partition coefficient (Wildman–Crippen LogP) is 1.51. The van der Waals surface area contributed by atoms with Gasteiger partial charge in [0.25, 0.3) is 5.91 Å². The lowest BCUT2D eigenvalue weighted by atomic mass is 10.1. The van der Waals surface area contributed by atoms with Gasteiger partial charge >= 0.3 is 0 Å². The van der Waals surface area contributed by atoms with Crippen LogP contribution in [0.2, 0.25) is 0 Å². The van der Waals surface area contributed by atoms with Crippen molar-refractivity contribution < 1.29 is 14.3 Å². The molecule has 3 rings (SSSR count). The second kappa shape index (κ2) is 4.10. The molecule has 0 bridgehead atoms. The van der Waals surface area contributed by atoms with E-state index in [-0.39, 0.29) is 5.91 Å². The second-order valence-electron chi connectivity index (χ2n) is 4.56. The van der Waals surface area contributed by atoms with Crippen LogP contribution in [0.25, 0.3) is 10.9 Å². The van der Waals surface area contributed by atoms with E-state index >= 15 is 0 Å². The van der Waals surface area contributed by atoms with Crippen molar-refractivity contribution in [3.8, 4) is 0 Å². The average Bonchev–Trinajstić information content (AvgIpc) is 2.95. The van der Waals surface area contributed by atoms with Gasteiger partial charge in [-0.15, -0.1) is 0 Å². The van der Waals surface area contributed by atoms with Gasteiger partial charge in [-0.05, 0) is 18.6 Å². The van der Waals surface area contributed by atoms with Crippen molar-refractivity contribution in [2.45, 2.75) is 12.5 Å². The number of benzene rings is 1. The van der Waals surface area contributed by atoms with Crippen molar-refractivity contribution in [2.75, 3.05) is 13.1 Å². The van der Waals surface area contributed by atoms with E-state index in [1.165, 1.54) is 12.3 Å². The average molecular weight is 248 g/mol. The molecule has 2 aromatic rings. The van der Waals surface area contributed by atoms with E-state index in [2.05, 4.69) is 4.98 Å². The van der Waals surface area contributed by atoms with Gasteiger partial charge < -0.3 is 15.0 Å². The third-order valence-corrected chi connectivity index (χ3v) is 3.34. The maximum atomic E-state index is 13.8. The zero-order valence-electron chi connectivity index (χ0n) is 9.69. The first-order chi connectivity index (χ1) is 8.66. The minimum Gasteiger partial charge on any atom is -0.391 e. The van der Waals surface area contributed by atoms with Crippen LogP contribution in [0.15, 0.2) is 24.4 Å². The van der Waals surface area contributed by atoms with Gasteiger partial charge in [-0.3, -0.25) is 4.79 Å². The Balaban J connectivity index is 2.02. The highest BCUT2D eigenvalue weighted by molar-refractivity contribution is 6.07. The molecule has 1 aromatic heterocycles. The molecule has 1 aromatic carbocycles. The molecule has 1 fully saturated rings. The van der Waals surface area contributed by atoms with Crippen molar-refractivity contribution in [3.05, 3.63) is 35.8 Å². The second-order valence-corrected chi connectivity index (χ2v) is 4.56. The van der Waals surface area contributed by atoms with Gasteiger partial charge in [0, 0.05) is 30.2 Å². The quantitative estimate of drug-likeness (QED) is 0.803. The van der Waals surface area contributed by atoms with Gasteiger partial charge in [-0.1, -0.05) is 6.07 Å². The number of halogens is 1. The number of fused-ring (bicyclic) bond motifs is 1. The third kappa shape index (κ3) is 1.67. The number of aromatic amines is 1. The number of amides is 1. The smallest absolute Gasteiger partial charge is 0.256 e. The number of nitrogens with zero attached hydrogens (tertiary/aromatic N) is 1. The molecule has 0 unspecified atom stereocenters. The van der Waals surface area contributed by atoms with Crippen LogP contribution < -0.4 is 0 Å². The Kier molecular flexibility index (Phi) is 2.56. The number of β-amino-alcohol motifs (C(OH)–C–C–N with tert-alkyl or cyclic N) is 1. The molecular formula is C13H13FN2O2. The monoisotopic (exact) mass is 248 g/mol. The molecule has 1 aliphatic heterocycles. The largest absolute Gasteiger partial charge is 0.391 e. The van der Waals surface area contributed by atoms with Crippen LogP contribution >= 0.6 is 0 Å². The maximum Gasteiger partial charge on any atom is 0.256 e. The molecule has 2 N–H and O–H groups in total. The van der Waals surface area contributed by atoms with Crippen LogP contribution in [0.4, 0.5) is 4.39 Å². The number of aliphatic hydroxyl groups is 1. The fourth-order valence-corrected chi connectivity index (χ4v) is 2.41. The van der Waals surface area contributed by atoms with Gasteiger partial charge in [0.2, 0.25) is 0 Å². The first-order valence-electron chi connectivity index (χ1n) is 5.90. The Hall–Kier alpha value is -1.88. The van der Waals surface area contributed by atoms with E-state index < -0.39 is 11.9 Å². The van der Waals surface area contributed by atoms with Gasteiger partial charge in [-0.25, -0.2) is 4.39 Å². The molecule has 18 heavy (non-hydrogen) atoms. The molecule has 2 heterocycles. The van der Waals surface area contributed by atoms with Crippen molar-refractivity contribution in [3.63, 3.8) is 0 Å². The lowest BCUT2D eigenvalue weighted by Crippen LogP contribution is -2.29. The normalized spacial score (nSPS) is 19.7. The summed E-state index contributed by atoms with van der Waals surface area (Å²) in [5.74, 6) is -0.639. The number of H-pyrrole nitrogens is 1. The number of hydrogen-bond acceptors (Lipinski definition) is 2.